The first-order valence-corrected chi connectivity index (χ1v) is 8.27. The fourth-order valence-electron chi connectivity index (χ4n) is 2.49. The Morgan fingerprint density at radius 1 is 1.30 bits per heavy atom. The number of carbonyl (C=O) groups excluding carboxylic acids is 1. The molecule has 23 heavy (non-hydrogen) atoms. The molecule has 1 aromatic carbocycles. The van der Waals surface area contributed by atoms with Crippen molar-refractivity contribution in [3.63, 3.8) is 0 Å². The number of amides is 1. The van der Waals surface area contributed by atoms with E-state index in [-0.39, 0.29) is 12.3 Å². The van der Waals surface area contributed by atoms with Crippen LogP contribution in [0.25, 0.3) is 0 Å². The van der Waals surface area contributed by atoms with Gasteiger partial charge in [0.25, 0.3) is 0 Å². The molecule has 0 bridgehead atoms. The highest BCUT2D eigenvalue weighted by atomic mass is 79.9. The van der Waals surface area contributed by atoms with Crippen LogP contribution in [0.1, 0.15) is 32.3 Å². The zero-order chi connectivity index (χ0) is 17.0. The number of benzene rings is 1. The van der Waals surface area contributed by atoms with Crippen LogP contribution >= 0.6 is 15.9 Å². The highest BCUT2D eigenvalue weighted by Gasteiger charge is 2.33. The van der Waals surface area contributed by atoms with Gasteiger partial charge in [-0.25, -0.2) is 4.79 Å². The van der Waals surface area contributed by atoms with Crippen LogP contribution < -0.4 is 14.8 Å². The van der Waals surface area contributed by atoms with E-state index in [1.807, 2.05) is 6.92 Å². The van der Waals surface area contributed by atoms with Gasteiger partial charge in [-0.3, -0.25) is 4.79 Å². The van der Waals surface area contributed by atoms with Crippen molar-refractivity contribution in [1.29, 1.82) is 0 Å². The summed E-state index contributed by atoms with van der Waals surface area (Å²) in [5.41, 5.74) is -0.539. The van der Waals surface area contributed by atoms with Crippen molar-refractivity contribution < 1.29 is 24.2 Å². The molecule has 2 rings (SSSR count). The number of rotatable bonds is 6. The monoisotopic (exact) mass is 385 g/mol. The molecule has 7 heteroatoms. The zero-order valence-electron chi connectivity index (χ0n) is 13.1. The SMILES string of the molecule is CCCC(C)(NC(=O)Cc1cc2c(cc1Br)OCCO2)C(=O)O. The Balaban J connectivity index is 2.12. The summed E-state index contributed by atoms with van der Waals surface area (Å²) in [6, 6.07) is 3.51. The van der Waals surface area contributed by atoms with Crippen molar-refractivity contribution in [2.75, 3.05) is 13.2 Å². The van der Waals surface area contributed by atoms with E-state index in [0.717, 1.165) is 10.0 Å². The van der Waals surface area contributed by atoms with Gasteiger partial charge < -0.3 is 19.9 Å². The maximum atomic E-state index is 12.3. The predicted octanol–water partition coefficient (Wildman–Crippen LogP) is 2.52. The normalized spacial score (nSPS) is 15.6. The van der Waals surface area contributed by atoms with Gasteiger partial charge in [0, 0.05) is 4.47 Å². The lowest BCUT2D eigenvalue weighted by molar-refractivity contribution is -0.147. The average molecular weight is 386 g/mol. The molecule has 6 nitrogen and oxygen atoms in total. The third-order valence-electron chi connectivity index (χ3n) is 3.70. The smallest absolute Gasteiger partial charge is 0.329 e. The lowest BCUT2D eigenvalue weighted by atomic mass is 9.96. The molecular formula is C16H20BrNO5. The summed E-state index contributed by atoms with van der Waals surface area (Å²) in [6.07, 6.45) is 1.09. The fourth-order valence-corrected chi connectivity index (χ4v) is 2.95. The van der Waals surface area contributed by atoms with Gasteiger partial charge in [-0.1, -0.05) is 29.3 Å². The molecular weight excluding hydrogens is 366 g/mol. The molecule has 1 aliphatic heterocycles. The third kappa shape index (κ3) is 4.16. The van der Waals surface area contributed by atoms with Crippen LogP contribution in [0.5, 0.6) is 11.5 Å². The summed E-state index contributed by atoms with van der Waals surface area (Å²) in [4.78, 5) is 23.7. The second kappa shape index (κ2) is 7.21. The molecule has 0 aromatic heterocycles. The lowest BCUT2D eigenvalue weighted by Gasteiger charge is -2.26. The highest BCUT2D eigenvalue weighted by Crippen LogP contribution is 2.35. The van der Waals surface area contributed by atoms with Gasteiger partial charge in [-0.05, 0) is 31.0 Å². The van der Waals surface area contributed by atoms with E-state index in [1.54, 1.807) is 12.1 Å². The molecule has 1 atom stereocenters. The van der Waals surface area contributed by atoms with E-state index in [0.29, 0.717) is 37.6 Å². The van der Waals surface area contributed by atoms with Crippen LogP contribution in [-0.2, 0) is 16.0 Å². The van der Waals surface area contributed by atoms with Crippen molar-refractivity contribution in [1.82, 2.24) is 5.32 Å². The van der Waals surface area contributed by atoms with Crippen molar-refractivity contribution in [3.8, 4) is 11.5 Å². The fraction of sp³-hybridized carbons (Fsp3) is 0.500. The Hall–Kier alpha value is -1.76. The molecule has 0 spiro atoms. The van der Waals surface area contributed by atoms with Crippen LogP contribution in [0, 0.1) is 0 Å². The number of halogens is 1. The first-order valence-electron chi connectivity index (χ1n) is 7.48. The number of hydrogen-bond donors (Lipinski definition) is 2. The predicted molar refractivity (Wildman–Crippen MR) is 87.9 cm³/mol. The molecule has 1 aromatic rings. The first-order chi connectivity index (χ1) is 10.9. The number of carboxylic acids is 1. The minimum Gasteiger partial charge on any atom is -0.486 e. The quantitative estimate of drug-likeness (QED) is 0.785. The third-order valence-corrected chi connectivity index (χ3v) is 4.44. The van der Waals surface area contributed by atoms with Crippen LogP contribution in [0.15, 0.2) is 16.6 Å². The molecule has 1 amide bonds. The maximum absolute atomic E-state index is 12.3. The van der Waals surface area contributed by atoms with E-state index < -0.39 is 11.5 Å². The van der Waals surface area contributed by atoms with Gasteiger partial charge in [0.05, 0.1) is 6.42 Å². The Kier molecular flexibility index (Phi) is 5.51. The van der Waals surface area contributed by atoms with Gasteiger partial charge in [-0.2, -0.15) is 0 Å². The largest absolute Gasteiger partial charge is 0.486 e. The maximum Gasteiger partial charge on any atom is 0.329 e. The highest BCUT2D eigenvalue weighted by molar-refractivity contribution is 9.10. The molecule has 2 N–H and O–H groups in total. The minimum atomic E-state index is -1.26. The molecule has 0 saturated carbocycles. The van der Waals surface area contributed by atoms with Crippen LogP contribution in [0.4, 0.5) is 0 Å². The van der Waals surface area contributed by atoms with Gasteiger partial charge in [0.2, 0.25) is 5.91 Å². The summed E-state index contributed by atoms with van der Waals surface area (Å²) in [5, 5.41) is 11.9. The number of hydrogen-bond acceptors (Lipinski definition) is 4. The zero-order valence-corrected chi connectivity index (χ0v) is 14.7. The number of carbonyl (C=O) groups is 2. The number of carboxylic acid groups (broad SMARTS) is 1. The van der Waals surface area contributed by atoms with Gasteiger partial charge in [-0.15, -0.1) is 0 Å². The van der Waals surface area contributed by atoms with E-state index in [4.69, 9.17) is 9.47 Å². The second-order valence-electron chi connectivity index (χ2n) is 5.70. The summed E-state index contributed by atoms with van der Waals surface area (Å²) >= 11 is 3.41. The second-order valence-corrected chi connectivity index (χ2v) is 6.55. The van der Waals surface area contributed by atoms with Gasteiger partial charge >= 0.3 is 5.97 Å². The average Bonchev–Trinajstić information content (AvgIpc) is 2.48. The molecule has 0 aliphatic carbocycles. The van der Waals surface area contributed by atoms with Crippen molar-refractivity contribution >= 4 is 27.8 Å². The first kappa shape index (κ1) is 17.6. The van der Waals surface area contributed by atoms with Crippen LogP contribution in [-0.4, -0.2) is 35.7 Å². The topological polar surface area (TPSA) is 84.9 Å². The standard InChI is InChI=1S/C16H20BrNO5/c1-3-4-16(2,15(20)21)18-14(19)8-10-7-12-13(9-11(10)17)23-6-5-22-12/h7,9H,3-6,8H2,1-2H3,(H,18,19)(H,20,21). The number of ether oxygens (including phenoxy) is 2. The molecule has 1 unspecified atom stereocenters. The Morgan fingerprint density at radius 2 is 1.91 bits per heavy atom. The molecule has 1 aliphatic rings. The van der Waals surface area contributed by atoms with Crippen molar-refractivity contribution in [3.05, 3.63) is 22.2 Å². The van der Waals surface area contributed by atoms with Crippen LogP contribution in [0.2, 0.25) is 0 Å². The molecule has 0 radical (unpaired) electrons. The summed E-state index contributed by atoms with van der Waals surface area (Å²) in [7, 11) is 0. The summed E-state index contributed by atoms with van der Waals surface area (Å²) < 4.78 is 11.7. The lowest BCUT2D eigenvalue weighted by Crippen LogP contribution is -2.52. The van der Waals surface area contributed by atoms with Crippen LogP contribution in [0.3, 0.4) is 0 Å². The number of fused-ring (bicyclic) bond motifs is 1. The number of nitrogens with one attached hydrogen (secondary N) is 1. The van der Waals surface area contributed by atoms with Crippen molar-refractivity contribution in [2.24, 2.45) is 0 Å². The van der Waals surface area contributed by atoms with E-state index in [1.165, 1.54) is 6.92 Å². The van der Waals surface area contributed by atoms with E-state index in [9.17, 15) is 14.7 Å². The Morgan fingerprint density at radius 3 is 2.48 bits per heavy atom. The molecule has 126 valence electrons. The minimum absolute atomic E-state index is 0.0593. The molecule has 0 fully saturated rings. The van der Waals surface area contributed by atoms with E-state index in [2.05, 4.69) is 21.2 Å². The number of aliphatic carboxylic acids is 1. The Bertz CT molecular complexity index is 619. The van der Waals surface area contributed by atoms with E-state index >= 15 is 0 Å². The van der Waals surface area contributed by atoms with Crippen molar-refractivity contribution in [2.45, 2.75) is 38.6 Å². The van der Waals surface area contributed by atoms with Gasteiger partial charge in [0.15, 0.2) is 11.5 Å². The molecule has 0 saturated heterocycles. The van der Waals surface area contributed by atoms with Gasteiger partial charge in [0.1, 0.15) is 18.8 Å². The summed E-state index contributed by atoms with van der Waals surface area (Å²) in [6.45, 7) is 4.36. The summed E-state index contributed by atoms with van der Waals surface area (Å²) in [5.74, 6) is -0.153. The Labute approximate surface area is 143 Å². The molecule has 1 heterocycles.